The summed E-state index contributed by atoms with van der Waals surface area (Å²) in [5.74, 6) is 0.636. The minimum absolute atomic E-state index is 0.425. The summed E-state index contributed by atoms with van der Waals surface area (Å²) in [5.41, 5.74) is 1.55. The largest absolute Gasteiger partial charge is 0.488 e. The maximum Gasteiger partial charge on any atom is 0.138 e. The van der Waals surface area contributed by atoms with Crippen molar-refractivity contribution >= 4 is 22.6 Å². The second-order valence-electron chi connectivity index (χ2n) is 2.81. The van der Waals surface area contributed by atoms with E-state index >= 15 is 0 Å². The van der Waals surface area contributed by atoms with Gasteiger partial charge in [0, 0.05) is 3.57 Å². The first-order valence-corrected chi connectivity index (χ1v) is 5.21. The number of aryl methyl sites for hydroxylation is 1. The van der Waals surface area contributed by atoms with Crippen LogP contribution >= 0.6 is 22.6 Å². The van der Waals surface area contributed by atoms with E-state index in [4.69, 9.17) is 10.00 Å². The molecule has 0 saturated heterocycles. The highest BCUT2D eigenvalue weighted by Gasteiger charge is 2.07. The lowest BCUT2D eigenvalue weighted by Crippen LogP contribution is -1.97. The maximum atomic E-state index is 8.93. The minimum Gasteiger partial charge on any atom is -0.488 e. The predicted molar refractivity (Wildman–Crippen MR) is 64.3 cm³/mol. The Balaban J connectivity index is 3.12. The molecule has 0 aliphatic rings. The molecule has 0 atom stereocenters. The third-order valence-corrected chi connectivity index (χ3v) is 2.36. The van der Waals surface area contributed by atoms with Crippen LogP contribution in [0, 0.1) is 21.8 Å². The van der Waals surface area contributed by atoms with Crippen LogP contribution in [0.15, 0.2) is 24.8 Å². The van der Waals surface area contributed by atoms with Gasteiger partial charge in [0.1, 0.15) is 18.4 Å². The molecular formula is C11H10INO. The van der Waals surface area contributed by atoms with Gasteiger partial charge in [-0.15, -0.1) is 0 Å². The van der Waals surface area contributed by atoms with Gasteiger partial charge in [0.25, 0.3) is 0 Å². The molecule has 0 unspecified atom stereocenters. The van der Waals surface area contributed by atoms with E-state index in [1.807, 2.05) is 19.1 Å². The SMILES string of the molecule is C=CCOc1cc(I)cc(C)c1C#N. The van der Waals surface area contributed by atoms with Crippen molar-refractivity contribution in [3.8, 4) is 11.8 Å². The molecule has 0 saturated carbocycles. The Morgan fingerprint density at radius 2 is 2.36 bits per heavy atom. The van der Waals surface area contributed by atoms with E-state index in [1.165, 1.54) is 0 Å². The van der Waals surface area contributed by atoms with E-state index in [2.05, 4.69) is 35.2 Å². The third-order valence-electron chi connectivity index (χ3n) is 1.73. The van der Waals surface area contributed by atoms with Gasteiger partial charge in [0.05, 0.1) is 5.56 Å². The lowest BCUT2D eigenvalue weighted by atomic mass is 10.1. The molecule has 14 heavy (non-hydrogen) atoms. The fraction of sp³-hybridized carbons (Fsp3) is 0.182. The third kappa shape index (κ3) is 2.48. The van der Waals surface area contributed by atoms with E-state index in [0.29, 0.717) is 17.9 Å². The van der Waals surface area contributed by atoms with Gasteiger partial charge in [-0.2, -0.15) is 5.26 Å². The summed E-state index contributed by atoms with van der Waals surface area (Å²) in [7, 11) is 0. The molecule has 0 aromatic heterocycles. The maximum absolute atomic E-state index is 8.93. The van der Waals surface area contributed by atoms with Gasteiger partial charge in [0.2, 0.25) is 0 Å². The molecule has 0 amide bonds. The Morgan fingerprint density at radius 1 is 1.64 bits per heavy atom. The van der Waals surface area contributed by atoms with Crippen LogP contribution in [0.2, 0.25) is 0 Å². The number of halogens is 1. The molecule has 1 aromatic rings. The minimum atomic E-state index is 0.425. The van der Waals surface area contributed by atoms with Crippen LogP contribution in [0.5, 0.6) is 5.75 Å². The second-order valence-corrected chi connectivity index (χ2v) is 4.05. The lowest BCUT2D eigenvalue weighted by Gasteiger charge is -2.08. The van der Waals surface area contributed by atoms with Crippen LogP contribution in [0.25, 0.3) is 0 Å². The molecule has 0 fully saturated rings. The summed E-state index contributed by atoms with van der Waals surface area (Å²) in [4.78, 5) is 0. The van der Waals surface area contributed by atoms with E-state index < -0.39 is 0 Å². The van der Waals surface area contributed by atoms with Crippen molar-refractivity contribution in [2.75, 3.05) is 6.61 Å². The molecule has 0 spiro atoms. The number of benzene rings is 1. The Hall–Kier alpha value is -1.02. The zero-order valence-electron chi connectivity index (χ0n) is 7.88. The topological polar surface area (TPSA) is 33.0 Å². The van der Waals surface area contributed by atoms with Gasteiger partial charge < -0.3 is 4.74 Å². The first-order chi connectivity index (χ1) is 6.69. The van der Waals surface area contributed by atoms with Crippen LogP contribution in [0.4, 0.5) is 0 Å². The normalized spacial score (nSPS) is 9.21. The zero-order valence-corrected chi connectivity index (χ0v) is 10.0. The van der Waals surface area contributed by atoms with Gasteiger partial charge in [-0.25, -0.2) is 0 Å². The van der Waals surface area contributed by atoms with Crippen molar-refractivity contribution in [3.63, 3.8) is 0 Å². The smallest absolute Gasteiger partial charge is 0.138 e. The fourth-order valence-corrected chi connectivity index (χ4v) is 1.87. The first-order valence-electron chi connectivity index (χ1n) is 4.13. The standard InChI is InChI=1S/C11H10INO/c1-3-4-14-11-6-9(12)5-8(2)10(11)7-13/h3,5-6H,1,4H2,2H3. The zero-order chi connectivity index (χ0) is 10.6. The van der Waals surface area contributed by atoms with Crippen molar-refractivity contribution < 1.29 is 4.74 Å². The van der Waals surface area contributed by atoms with E-state index in [0.717, 1.165) is 9.13 Å². The molecule has 2 nitrogen and oxygen atoms in total. The van der Waals surface area contributed by atoms with Crippen LogP contribution in [-0.4, -0.2) is 6.61 Å². The molecule has 3 heteroatoms. The van der Waals surface area contributed by atoms with Crippen molar-refractivity contribution in [2.45, 2.75) is 6.92 Å². The van der Waals surface area contributed by atoms with Gasteiger partial charge >= 0.3 is 0 Å². The average molecular weight is 299 g/mol. The molecule has 0 bridgehead atoms. The number of hydrogen-bond donors (Lipinski definition) is 0. The van der Waals surface area contributed by atoms with Crippen LogP contribution in [0.3, 0.4) is 0 Å². The monoisotopic (exact) mass is 299 g/mol. The summed E-state index contributed by atoms with van der Waals surface area (Å²) < 4.78 is 6.46. The van der Waals surface area contributed by atoms with E-state index in [9.17, 15) is 0 Å². The quantitative estimate of drug-likeness (QED) is 0.635. The summed E-state index contributed by atoms with van der Waals surface area (Å²) in [6.45, 7) is 5.90. The summed E-state index contributed by atoms with van der Waals surface area (Å²) >= 11 is 2.20. The molecule has 0 heterocycles. The van der Waals surface area contributed by atoms with Crippen molar-refractivity contribution in [1.29, 1.82) is 5.26 Å². The number of hydrogen-bond acceptors (Lipinski definition) is 2. The Kier molecular flexibility index (Phi) is 3.96. The molecular weight excluding hydrogens is 289 g/mol. The average Bonchev–Trinajstić information content (AvgIpc) is 2.14. The number of nitrogens with zero attached hydrogens (tertiary/aromatic N) is 1. The molecule has 72 valence electrons. The van der Waals surface area contributed by atoms with E-state index in [1.54, 1.807) is 6.08 Å². The fourth-order valence-electron chi connectivity index (χ4n) is 1.12. The van der Waals surface area contributed by atoms with E-state index in [-0.39, 0.29) is 0 Å². The van der Waals surface area contributed by atoms with Crippen molar-refractivity contribution in [3.05, 3.63) is 39.5 Å². The predicted octanol–water partition coefficient (Wildman–Crippen LogP) is 3.04. The highest BCUT2D eigenvalue weighted by Crippen LogP contribution is 2.24. The van der Waals surface area contributed by atoms with Crippen molar-refractivity contribution in [1.82, 2.24) is 0 Å². The number of nitriles is 1. The van der Waals surface area contributed by atoms with Gasteiger partial charge in [-0.1, -0.05) is 12.7 Å². The highest BCUT2D eigenvalue weighted by atomic mass is 127. The second kappa shape index (κ2) is 5.01. The lowest BCUT2D eigenvalue weighted by molar-refractivity contribution is 0.361. The summed E-state index contributed by atoms with van der Waals surface area (Å²) in [6, 6.07) is 5.95. The molecule has 1 rings (SSSR count). The molecule has 0 N–H and O–H groups in total. The van der Waals surface area contributed by atoms with Gasteiger partial charge in [-0.3, -0.25) is 0 Å². The van der Waals surface area contributed by atoms with Gasteiger partial charge in [-0.05, 0) is 47.2 Å². The van der Waals surface area contributed by atoms with Crippen LogP contribution < -0.4 is 4.74 Å². The number of ether oxygens (including phenoxy) is 1. The Morgan fingerprint density at radius 3 is 2.93 bits per heavy atom. The Labute approximate surface area is 97.3 Å². The molecule has 0 aliphatic carbocycles. The van der Waals surface area contributed by atoms with Gasteiger partial charge in [0.15, 0.2) is 0 Å². The Bertz CT molecular complexity index is 393. The van der Waals surface area contributed by atoms with Crippen molar-refractivity contribution in [2.24, 2.45) is 0 Å². The molecule has 0 aliphatic heterocycles. The molecule has 1 aromatic carbocycles. The highest BCUT2D eigenvalue weighted by molar-refractivity contribution is 14.1. The van der Waals surface area contributed by atoms with Crippen LogP contribution in [-0.2, 0) is 0 Å². The summed E-state index contributed by atoms with van der Waals surface area (Å²) in [5, 5.41) is 8.93. The summed E-state index contributed by atoms with van der Waals surface area (Å²) in [6.07, 6.45) is 1.66. The first kappa shape index (κ1) is 11.1. The molecule has 0 radical (unpaired) electrons. The van der Waals surface area contributed by atoms with Crippen LogP contribution in [0.1, 0.15) is 11.1 Å². The number of rotatable bonds is 3.